The summed E-state index contributed by atoms with van der Waals surface area (Å²) in [6, 6.07) is 7.61. The zero-order valence-electron chi connectivity index (χ0n) is 36.2. The lowest BCUT2D eigenvalue weighted by atomic mass is 10.1. The predicted octanol–water partition coefficient (Wildman–Crippen LogP) is 4.06. The van der Waals surface area contributed by atoms with E-state index >= 15 is 0 Å². The normalized spacial score (nSPS) is 13.8. The molecule has 53 heavy (non-hydrogen) atoms. The zero-order valence-corrected chi connectivity index (χ0v) is 43.0. The van der Waals surface area contributed by atoms with Gasteiger partial charge in [-0.3, -0.25) is 0 Å². The molecule has 0 aliphatic heterocycles. The lowest BCUT2D eigenvalue weighted by molar-refractivity contribution is 0.0701. The predicted molar refractivity (Wildman–Crippen MR) is 236 cm³/mol. The second-order valence-corrected chi connectivity index (χ2v) is 30.6. The van der Waals surface area contributed by atoms with E-state index in [1.165, 1.54) is 11.6 Å². The molecule has 1 rings (SSSR count). The number of hydrogen-bond donors (Lipinski definition) is 2. The molecule has 0 saturated carbocycles. The van der Waals surface area contributed by atoms with Crippen molar-refractivity contribution < 1.29 is 39.8 Å². The quantitative estimate of drug-likeness (QED) is 0.0608. The molecule has 11 nitrogen and oxygen atoms in total. The molecule has 1 aromatic rings. The first-order valence-corrected chi connectivity index (χ1v) is 33.7. The number of hydrogen-bond acceptors (Lipinski definition) is 11. The minimum absolute atomic E-state index is 0.0591. The van der Waals surface area contributed by atoms with Crippen LogP contribution in [0.3, 0.4) is 0 Å². The average molecular weight is 854 g/mol. The Bertz CT molecular complexity index is 1030. The van der Waals surface area contributed by atoms with Gasteiger partial charge in [0.25, 0.3) is 0 Å². The van der Waals surface area contributed by atoms with Crippen LogP contribution >= 0.6 is 0 Å². The molecule has 0 bridgehead atoms. The number of benzene rings is 1. The van der Waals surface area contributed by atoms with Gasteiger partial charge in [-0.15, -0.1) is 0 Å². The number of nitrogens with one attached hydrogen (secondary N) is 2. The van der Waals surface area contributed by atoms with E-state index in [4.69, 9.17) is 39.8 Å². The van der Waals surface area contributed by atoms with Crippen molar-refractivity contribution in [3.63, 3.8) is 0 Å². The Kier molecular flexibility index (Phi) is 26.7. The molecule has 0 spiro atoms. The summed E-state index contributed by atoms with van der Waals surface area (Å²) in [7, 11) is -5.95. The third kappa shape index (κ3) is 16.1. The molecule has 0 aliphatic rings. The fourth-order valence-corrected chi connectivity index (χ4v) is 20.5. The van der Waals surface area contributed by atoms with Crippen molar-refractivity contribution in [2.45, 2.75) is 123 Å². The van der Waals surface area contributed by atoms with Gasteiger partial charge in [0.1, 0.15) is 0 Å². The molecule has 0 amide bonds. The summed E-state index contributed by atoms with van der Waals surface area (Å²) in [4.78, 5) is 0. The topological polar surface area (TPSA) is 107 Å². The largest absolute Gasteiger partial charge is 0.507 e. The zero-order chi connectivity index (χ0) is 39.9. The van der Waals surface area contributed by atoms with Crippen LogP contribution in [0.1, 0.15) is 78.0 Å². The molecule has 1 atom stereocenters. The van der Waals surface area contributed by atoms with Gasteiger partial charge in [-0.05, 0) is 79.5 Å². The van der Waals surface area contributed by atoms with Gasteiger partial charge in [0, 0.05) is 78.8 Å². The van der Waals surface area contributed by atoms with Crippen molar-refractivity contribution in [1.82, 2.24) is 10.6 Å². The van der Waals surface area contributed by atoms with Gasteiger partial charge in [0.2, 0.25) is 0 Å². The summed E-state index contributed by atoms with van der Waals surface area (Å²) in [5.74, 6) is 0.289. The van der Waals surface area contributed by atoms with Crippen molar-refractivity contribution in [3.05, 3.63) is 23.3 Å². The van der Waals surface area contributed by atoms with E-state index in [9.17, 15) is 0 Å². The van der Waals surface area contributed by atoms with Crippen LogP contribution in [-0.2, 0) is 46.3 Å². The van der Waals surface area contributed by atoms with Crippen molar-refractivity contribution in [2.24, 2.45) is 0 Å². The molecular weight excluding hydrogens is 773 g/mol. The Labute approximate surface area is 333 Å². The molecule has 0 radical (unpaired) electrons. The first-order chi connectivity index (χ1) is 25.4. The lowest BCUT2D eigenvalue weighted by Crippen LogP contribution is -2.51. The first kappa shape index (κ1) is 51.1. The average Bonchev–Trinajstić information content (AvgIpc) is 3.12. The summed E-state index contributed by atoms with van der Waals surface area (Å²) in [6.07, 6.45) is 2.98. The summed E-state index contributed by atoms with van der Waals surface area (Å²) in [5, 5.41) is 11.0. The molecule has 0 aliphatic carbocycles. The molecule has 1 aromatic carbocycles. The summed E-state index contributed by atoms with van der Waals surface area (Å²) >= 11 is 0. The SMILES string of the molecule is CCO[Si](CCCNC(NCCC[Si](OCC)(OCC)OCC)[SiH2]CCc1c([SiH](C)C)ccc(C(C)[Si](OC)(OC)OC)c1[SiH](C)C)(OCC)OCC. The second-order valence-electron chi connectivity index (χ2n) is 13.9. The van der Waals surface area contributed by atoms with Gasteiger partial charge in [-0.25, -0.2) is 0 Å². The van der Waals surface area contributed by atoms with Crippen molar-refractivity contribution >= 4 is 63.9 Å². The lowest BCUT2D eigenvalue weighted by Gasteiger charge is -2.33. The van der Waals surface area contributed by atoms with Crippen LogP contribution in [0, 0.1) is 0 Å². The molecule has 0 fully saturated rings. The van der Waals surface area contributed by atoms with Gasteiger partial charge in [-0.1, -0.05) is 67.2 Å². The highest BCUT2D eigenvalue weighted by molar-refractivity contribution is 6.76. The Morgan fingerprint density at radius 1 is 0.642 bits per heavy atom. The van der Waals surface area contributed by atoms with E-state index < -0.39 is 53.5 Å². The Balaban J connectivity index is 3.31. The smallest absolute Gasteiger partial charge is 0.376 e. The summed E-state index contributed by atoms with van der Waals surface area (Å²) < 4.78 is 54.9. The Morgan fingerprint density at radius 2 is 1.06 bits per heavy atom. The van der Waals surface area contributed by atoms with Crippen LogP contribution < -0.4 is 21.0 Å². The molecular formula is C36H80N2O9Si6. The van der Waals surface area contributed by atoms with E-state index in [1.54, 1.807) is 37.3 Å². The van der Waals surface area contributed by atoms with Crippen molar-refractivity contribution in [1.29, 1.82) is 0 Å². The maximum absolute atomic E-state index is 6.15. The summed E-state index contributed by atoms with van der Waals surface area (Å²) in [6.45, 7) is 29.5. The Morgan fingerprint density at radius 3 is 1.40 bits per heavy atom. The van der Waals surface area contributed by atoms with Gasteiger partial charge in [-0.2, -0.15) is 0 Å². The van der Waals surface area contributed by atoms with Gasteiger partial charge < -0.3 is 50.5 Å². The molecule has 17 heteroatoms. The highest BCUT2D eigenvalue weighted by Gasteiger charge is 2.47. The van der Waals surface area contributed by atoms with E-state index in [-0.39, 0.29) is 11.3 Å². The molecule has 0 heterocycles. The first-order valence-electron chi connectivity index (χ1n) is 20.5. The van der Waals surface area contributed by atoms with Gasteiger partial charge in [0.15, 0.2) is 0 Å². The number of rotatable bonds is 33. The third-order valence-electron chi connectivity index (χ3n) is 9.68. The maximum Gasteiger partial charge on any atom is 0.507 e. The van der Waals surface area contributed by atoms with Crippen LogP contribution in [0.4, 0.5) is 0 Å². The van der Waals surface area contributed by atoms with Crippen LogP contribution in [-0.4, -0.2) is 133 Å². The van der Waals surface area contributed by atoms with Crippen LogP contribution in [0.25, 0.3) is 0 Å². The van der Waals surface area contributed by atoms with Crippen molar-refractivity contribution in [2.75, 3.05) is 74.1 Å². The minimum Gasteiger partial charge on any atom is -0.376 e. The standard InChI is InChI=1S/C36H80N2O9Si6/c1-15-42-51(43-16-2,44-17-3)29-21-26-37-36(38-27-22-30-52(45-18-4,46-19-5)47-20-6)48-28-25-33-34(49(11)12)24-23-32(35(33)50(13)14)31(7)53(39-8,40-9)41-10/h23-24,31,36-38,49-50H,15-22,25-30,48H2,1-14H3. The molecule has 0 aromatic heterocycles. The van der Waals surface area contributed by atoms with E-state index in [0.29, 0.717) is 39.6 Å². The van der Waals surface area contributed by atoms with Crippen molar-refractivity contribution in [3.8, 4) is 0 Å². The molecule has 1 unspecified atom stereocenters. The van der Waals surface area contributed by atoms with E-state index in [0.717, 1.165) is 44.4 Å². The minimum atomic E-state index is -2.88. The third-order valence-corrected chi connectivity index (χ3v) is 24.6. The fraction of sp³-hybridized carbons (Fsp3) is 0.833. The van der Waals surface area contributed by atoms with Crippen LogP contribution in [0.5, 0.6) is 0 Å². The monoisotopic (exact) mass is 852 g/mol. The molecule has 2 N–H and O–H groups in total. The van der Waals surface area contributed by atoms with E-state index in [2.05, 4.69) is 55.9 Å². The van der Waals surface area contributed by atoms with Crippen LogP contribution in [0.2, 0.25) is 44.3 Å². The van der Waals surface area contributed by atoms with Crippen LogP contribution in [0.15, 0.2) is 12.1 Å². The fourth-order valence-electron chi connectivity index (χ4n) is 7.47. The highest BCUT2D eigenvalue weighted by atomic mass is 28.4. The second kappa shape index (κ2) is 27.7. The van der Waals surface area contributed by atoms with Gasteiger partial charge >= 0.3 is 26.4 Å². The molecule has 0 saturated heterocycles. The highest BCUT2D eigenvalue weighted by Crippen LogP contribution is 2.29. The van der Waals surface area contributed by atoms with Gasteiger partial charge in [0.05, 0.1) is 32.7 Å². The summed E-state index contributed by atoms with van der Waals surface area (Å²) in [5.41, 5.74) is 3.03. The molecule has 312 valence electrons. The Hall–Kier alpha value is 0.0813. The van der Waals surface area contributed by atoms with E-state index in [1.807, 2.05) is 41.5 Å². The maximum atomic E-state index is 6.15.